The summed E-state index contributed by atoms with van der Waals surface area (Å²) >= 11 is 0. The Hall–Kier alpha value is -0.0700. The Balaban J connectivity index is 3.19. The Kier molecular flexibility index (Phi) is 18.7. The lowest BCUT2D eigenvalue weighted by molar-refractivity contribution is 0.483. The standard InChI is InChI=1S/C22H45O2P/c1-3-5-7-8-9-10-11-12-13-14-15-16-17-18-19-20-22-25(23,24)21-6-4-2/h6,21H,3-5,7-20,22H2,1-2H3,(H,23,24). The summed E-state index contributed by atoms with van der Waals surface area (Å²) in [4.78, 5) is 9.73. The first-order chi connectivity index (χ1) is 12.1. The first-order valence-electron chi connectivity index (χ1n) is 11.1. The zero-order valence-electron chi connectivity index (χ0n) is 17.2. The van der Waals surface area contributed by atoms with Gasteiger partial charge in [-0.25, -0.2) is 0 Å². The second-order valence-corrected chi connectivity index (χ2v) is 9.83. The zero-order chi connectivity index (χ0) is 18.6. The maximum Gasteiger partial charge on any atom is 0.222 e. The van der Waals surface area contributed by atoms with Crippen molar-refractivity contribution in [2.75, 3.05) is 6.16 Å². The summed E-state index contributed by atoms with van der Waals surface area (Å²) in [5.74, 6) is 1.53. The summed E-state index contributed by atoms with van der Waals surface area (Å²) in [6.07, 6.45) is 24.5. The lowest BCUT2D eigenvalue weighted by Gasteiger charge is -2.06. The molecular weight excluding hydrogens is 327 g/mol. The second-order valence-electron chi connectivity index (χ2n) is 7.58. The molecule has 0 aliphatic carbocycles. The fourth-order valence-corrected chi connectivity index (χ4v) is 4.60. The molecule has 1 N–H and O–H groups in total. The van der Waals surface area contributed by atoms with Crippen LogP contribution in [0.2, 0.25) is 0 Å². The Morgan fingerprint density at radius 1 is 0.640 bits per heavy atom. The van der Waals surface area contributed by atoms with E-state index >= 15 is 0 Å². The summed E-state index contributed by atoms with van der Waals surface area (Å²) in [6, 6.07) is 0. The molecule has 150 valence electrons. The van der Waals surface area contributed by atoms with Crippen LogP contribution in [0.5, 0.6) is 0 Å². The number of unbranched alkanes of at least 4 members (excludes halogenated alkanes) is 15. The normalized spacial score (nSPS) is 14.2. The van der Waals surface area contributed by atoms with Crippen molar-refractivity contribution in [3.8, 4) is 0 Å². The third-order valence-electron chi connectivity index (χ3n) is 4.91. The minimum absolute atomic E-state index is 0.460. The molecule has 0 bridgehead atoms. The molecule has 1 unspecified atom stereocenters. The van der Waals surface area contributed by atoms with Gasteiger partial charge in [-0.1, -0.05) is 116 Å². The fourth-order valence-electron chi connectivity index (χ4n) is 3.23. The molecule has 0 heterocycles. The van der Waals surface area contributed by atoms with Crippen molar-refractivity contribution < 1.29 is 9.46 Å². The Bertz CT molecular complexity index is 339. The highest BCUT2D eigenvalue weighted by molar-refractivity contribution is 7.61. The van der Waals surface area contributed by atoms with Gasteiger partial charge in [0.1, 0.15) is 0 Å². The van der Waals surface area contributed by atoms with Crippen molar-refractivity contribution in [3.63, 3.8) is 0 Å². The van der Waals surface area contributed by atoms with Crippen LogP contribution in [-0.4, -0.2) is 11.1 Å². The van der Waals surface area contributed by atoms with E-state index in [2.05, 4.69) is 6.92 Å². The van der Waals surface area contributed by atoms with Crippen LogP contribution in [0.25, 0.3) is 0 Å². The molecule has 0 saturated heterocycles. The molecule has 1 atom stereocenters. The Morgan fingerprint density at radius 2 is 1.00 bits per heavy atom. The van der Waals surface area contributed by atoms with Crippen molar-refractivity contribution in [2.45, 2.75) is 123 Å². The van der Waals surface area contributed by atoms with E-state index in [1.807, 2.05) is 13.0 Å². The largest absolute Gasteiger partial charge is 0.341 e. The average Bonchev–Trinajstić information content (AvgIpc) is 2.59. The lowest BCUT2D eigenvalue weighted by atomic mass is 10.0. The van der Waals surface area contributed by atoms with Gasteiger partial charge < -0.3 is 4.89 Å². The molecule has 0 aliphatic rings. The van der Waals surface area contributed by atoms with E-state index in [-0.39, 0.29) is 0 Å². The number of hydrogen-bond acceptors (Lipinski definition) is 1. The third-order valence-corrected chi connectivity index (χ3v) is 6.54. The molecule has 0 rings (SSSR count). The Labute approximate surface area is 158 Å². The minimum atomic E-state index is -2.98. The highest BCUT2D eigenvalue weighted by Crippen LogP contribution is 2.43. The first-order valence-corrected chi connectivity index (χ1v) is 13.0. The fraction of sp³-hybridized carbons (Fsp3) is 0.909. The molecule has 0 amide bonds. The summed E-state index contributed by atoms with van der Waals surface area (Å²) in [7, 11) is -2.98. The van der Waals surface area contributed by atoms with Crippen LogP contribution in [0.1, 0.15) is 123 Å². The summed E-state index contributed by atoms with van der Waals surface area (Å²) in [6.45, 7) is 4.27. The predicted octanol–water partition coefficient (Wildman–Crippen LogP) is 8.44. The molecule has 2 nitrogen and oxygen atoms in total. The van der Waals surface area contributed by atoms with E-state index in [9.17, 15) is 9.46 Å². The molecule has 0 spiro atoms. The van der Waals surface area contributed by atoms with E-state index in [0.717, 1.165) is 19.3 Å². The molecule has 0 aromatic carbocycles. The zero-order valence-corrected chi connectivity index (χ0v) is 18.1. The topological polar surface area (TPSA) is 37.3 Å². The minimum Gasteiger partial charge on any atom is -0.341 e. The smallest absolute Gasteiger partial charge is 0.222 e. The summed E-state index contributed by atoms with van der Waals surface area (Å²) in [5.41, 5.74) is 0. The van der Waals surface area contributed by atoms with Gasteiger partial charge in [-0.3, -0.25) is 4.57 Å². The van der Waals surface area contributed by atoms with Crippen molar-refractivity contribution >= 4 is 7.37 Å². The third kappa shape index (κ3) is 20.1. The first kappa shape index (κ1) is 24.9. The number of hydrogen-bond donors (Lipinski definition) is 1. The van der Waals surface area contributed by atoms with Crippen molar-refractivity contribution in [1.82, 2.24) is 0 Å². The quantitative estimate of drug-likeness (QED) is 0.182. The van der Waals surface area contributed by atoms with E-state index in [0.29, 0.717) is 6.16 Å². The maximum absolute atomic E-state index is 11.8. The predicted molar refractivity (Wildman–Crippen MR) is 114 cm³/mol. The molecule has 0 radical (unpaired) electrons. The van der Waals surface area contributed by atoms with Gasteiger partial charge in [-0.05, 0) is 18.7 Å². The van der Waals surface area contributed by atoms with Crippen molar-refractivity contribution in [3.05, 3.63) is 11.9 Å². The molecule has 0 fully saturated rings. The van der Waals surface area contributed by atoms with Crippen LogP contribution < -0.4 is 0 Å². The van der Waals surface area contributed by atoms with Gasteiger partial charge >= 0.3 is 0 Å². The molecular formula is C22H45O2P. The van der Waals surface area contributed by atoms with Crippen LogP contribution in [0, 0.1) is 0 Å². The van der Waals surface area contributed by atoms with Gasteiger partial charge in [0.2, 0.25) is 7.37 Å². The lowest BCUT2D eigenvalue weighted by Crippen LogP contribution is -1.88. The van der Waals surface area contributed by atoms with Gasteiger partial charge in [-0.15, -0.1) is 0 Å². The number of rotatable bonds is 19. The number of allylic oxidation sites excluding steroid dienone is 1. The SMILES string of the molecule is CCC=CP(=O)(O)CCCCCCCCCCCCCCCCCC. The van der Waals surface area contributed by atoms with E-state index in [1.54, 1.807) is 0 Å². The van der Waals surface area contributed by atoms with E-state index in [1.165, 1.54) is 95.7 Å². The average molecular weight is 373 g/mol. The van der Waals surface area contributed by atoms with Crippen molar-refractivity contribution in [1.29, 1.82) is 0 Å². The van der Waals surface area contributed by atoms with Crippen LogP contribution in [0.15, 0.2) is 11.9 Å². The second kappa shape index (κ2) is 18.7. The van der Waals surface area contributed by atoms with Crippen LogP contribution >= 0.6 is 7.37 Å². The molecule has 0 aromatic rings. The van der Waals surface area contributed by atoms with E-state index in [4.69, 9.17) is 0 Å². The molecule has 0 aliphatic heterocycles. The molecule has 3 heteroatoms. The maximum atomic E-state index is 11.8. The monoisotopic (exact) mass is 372 g/mol. The van der Waals surface area contributed by atoms with E-state index < -0.39 is 7.37 Å². The molecule has 0 saturated carbocycles. The highest BCUT2D eigenvalue weighted by atomic mass is 31.2. The highest BCUT2D eigenvalue weighted by Gasteiger charge is 2.11. The Morgan fingerprint density at radius 3 is 1.36 bits per heavy atom. The molecule has 25 heavy (non-hydrogen) atoms. The summed E-state index contributed by atoms with van der Waals surface area (Å²) in [5, 5.41) is 0. The van der Waals surface area contributed by atoms with Gasteiger partial charge in [0.25, 0.3) is 0 Å². The van der Waals surface area contributed by atoms with Gasteiger partial charge in [-0.2, -0.15) is 0 Å². The van der Waals surface area contributed by atoms with Crippen LogP contribution in [-0.2, 0) is 4.57 Å². The summed E-state index contributed by atoms with van der Waals surface area (Å²) < 4.78 is 11.8. The van der Waals surface area contributed by atoms with Crippen LogP contribution in [0.4, 0.5) is 0 Å². The van der Waals surface area contributed by atoms with Gasteiger partial charge in [0.05, 0.1) is 0 Å². The van der Waals surface area contributed by atoms with Crippen molar-refractivity contribution in [2.24, 2.45) is 0 Å². The van der Waals surface area contributed by atoms with Gasteiger partial charge in [0, 0.05) is 6.16 Å². The van der Waals surface area contributed by atoms with Crippen LogP contribution in [0.3, 0.4) is 0 Å². The molecule has 0 aromatic heterocycles. The van der Waals surface area contributed by atoms with Gasteiger partial charge in [0.15, 0.2) is 0 Å².